The van der Waals surface area contributed by atoms with Crippen molar-refractivity contribution >= 4 is 6.21 Å². The van der Waals surface area contributed by atoms with Crippen LogP contribution < -0.4 is 0 Å². The van der Waals surface area contributed by atoms with Gasteiger partial charge in [0.1, 0.15) is 5.76 Å². The van der Waals surface area contributed by atoms with Crippen LogP contribution in [0.1, 0.15) is 6.92 Å². The Morgan fingerprint density at radius 3 is 3.15 bits per heavy atom. The fourth-order valence-electron chi connectivity index (χ4n) is 1.83. The Balaban J connectivity index is 2.42. The molecule has 0 saturated heterocycles. The summed E-state index contributed by atoms with van der Waals surface area (Å²) in [5.41, 5.74) is -0.0365. The zero-order chi connectivity index (χ0) is 9.31. The van der Waals surface area contributed by atoms with Crippen LogP contribution in [0, 0.1) is 11.3 Å². The molecule has 2 heteroatoms. The highest BCUT2D eigenvalue weighted by Gasteiger charge is 2.37. The van der Waals surface area contributed by atoms with Crippen molar-refractivity contribution in [2.75, 3.05) is 7.11 Å². The van der Waals surface area contributed by atoms with Gasteiger partial charge in [-0.05, 0) is 13.0 Å². The number of hydrogen-bond donors (Lipinski definition) is 0. The number of fused-ring (bicyclic) bond motifs is 1. The Morgan fingerprint density at radius 2 is 2.38 bits per heavy atom. The van der Waals surface area contributed by atoms with Crippen molar-refractivity contribution in [3.05, 3.63) is 36.3 Å². The van der Waals surface area contributed by atoms with E-state index < -0.39 is 0 Å². The summed E-state index contributed by atoms with van der Waals surface area (Å²) in [6, 6.07) is 0. The van der Waals surface area contributed by atoms with Crippen molar-refractivity contribution in [3.8, 4) is 0 Å². The van der Waals surface area contributed by atoms with E-state index in [2.05, 4.69) is 24.1 Å². The third-order valence-corrected chi connectivity index (χ3v) is 2.76. The standard InChI is InChI=1S/C11H13NO/c1-11-6-7-12-8-9(11)4-3-5-10(11)13-2/h3-9H,1-2H3. The van der Waals surface area contributed by atoms with Crippen LogP contribution >= 0.6 is 0 Å². The third-order valence-electron chi connectivity index (χ3n) is 2.76. The highest BCUT2D eigenvalue weighted by Crippen LogP contribution is 2.41. The molecule has 68 valence electrons. The molecule has 0 spiro atoms. The number of hydrogen-bond acceptors (Lipinski definition) is 2. The first-order chi connectivity index (χ1) is 6.27. The lowest BCUT2D eigenvalue weighted by Gasteiger charge is -2.35. The summed E-state index contributed by atoms with van der Waals surface area (Å²) in [5, 5.41) is 0. The number of allylic oxidation sites excluding steroid dienone is 4. The lowest BCUT2D eigenvalue weighted by molar-refractivity contribution is 0.197. The van der Waals surface area contributed by atoms with E-state index in [0.29, 0.717) is 5.92 Å². The fraction of sp³-hybridized carbons (Fsp3) is 0.364. The van der Waals surface area contributed by atoms with Crippen molar-refractivity contribution in [1.82, 2.24) is 0 Å². The van der Waals surface area contributed by atoms with Crippen LogP contribution in [-0.4, -0.2) is 13.3 Å². The number of methoxy groups -OCH3 is 1. The van der Waals surface area contributed by atoms with Gasteiger partial charge in [-0.25, -0.2) is 0 Å². The van der Waals surface area contributed by atoms with E-state index in [0.717, 1.165) is 5.76 Å². The van der Waals surface area contributed by atoms with Gasteiger partial charge in [-0.3, -0.25) is 4.99 Å². The van der Waals surface area contributed by atoms with Gasteiger partial charge in [0.15, 0.2) is 0 Å². The SMILES string of the molecule is COC1=CC=CC2C=NC=CC12C. The van der Waals surface area contributed by atoms with E-state index in [1.165, 1.54) is 0 Å². The predicted molar refractivity (Wildman–Crippen MR) is 53.5 cm³/mol. The van der Waals surface area contributed by atoms with Crippen molar-refractivity contribution in [2.45, 2.75) is 6.92 Å². The van der Waals surface area contributed by atoms with Crippen LogP contribution in [0.3, 0.4) is 0 Å². The van der Waals surface area contributed by atoms with Crippen molar-refractivity contribution in [3.63, 3.8) is 0 Å². The quantitative estimate of drug-likeness (QED) is 0.599. The largest absolute Gasteiger partial charge is 0.500 e. The highest BCUT2D eigenvalue weighted by atomic mass is 16.5. The van der Waals surface area contributed by atoms with E-state index in [9.17, 15) is 0 Å². The summed E-state index contributed by atoms with van der Waals surface area (Å²) in [6.45, 7) is 2.16. The van der Waals surface area contributed by atoms with Gasteiger partial charge >= 0.3 is 0 Å². The molecular formula is C11H13NO. The zero-order valence-corrected chi connectivity index (χ0v) is 7.90. The normalized spacial score (nSPS) is 35.5. The molecule has 0 aromatic carbocycles. The molecule has 0 N–H and O–H groups in total. The Morgan fingerprint density at radius 1 is 1.54 bits per heavy atom. The first kappa shape index (κ1) is 8.30. The summed E-state index contributed by atoms with van der Waals surface area (Å²) in [7, 11) is 1.72. The Bertz CT molecular complexity index is 325. The van der Waals surface area contributed by atoms with Crippen molar-refractivity contribution in [2.24, 2.45) is 16.3 Å². The van der Waals surface area contributed by atoms with Crippen LogP contribution in [-0.2, 0) is 4.74 Å². The summed E-state index contributed by atoms with van der Waals surface area (Å²) < 4.78 is 5.36. The summed E-state index contributed by atoms with van der Waals surface area (Å²) in [5.74, 6) is 1.33. The first-order valence-electron chi connectivity index (χ1n) is 4.41. The third kappa shape index (κ3) is 1.13. The minimum Gasteiger partial charge on any atom is -0.500 e. The molecule has 1 heterocycles. The minimum absolute atomic E-state index is 0.0365. The predicted octanol–water partition coefficient (Wildman–Crippen LogP) is 2.31. The first-order valence-corrected chi connectivity index (χ1v) is 4.41. The minimum atomic E-state index is -0.0365. The molecule has 0 aromatic heterocycles. The second-order valence-electron chi connectivity index (χ2n) is 3.54. The zero-order valence-electron chi connectivity index (χ0n) is 7.90. The van der Waals surface area contributed by atoms with Gasteiger partial charge in [0.2, 0.25) is 0 Å². The summed E-state index contributed by atoms with van der Waals surface area (Å²) in [4.78, 5) is 4.14. The number of aliphatic imine (C=N–C) groups is 1. The maximum Gasteiger partial charge on any atom is 0.106 e. The van der Waals surface area contributed by atoms with E-state index in [1.54, 1.807) is 7.11 Å². The van der Waals surface area contributed by atoms with E-state index in [-0.39, 0.29) is 5.41 Å². The molecule has 2 unspecified atom stereocenters. The monoisotopic (exact) mass is 175 g/mol. The van der Waals surface area contributed by atoms with E-state index in [1.807, 2.05) is 24.6 Å². The maximum absolute atomic E-state index is 5.36. The smallest absolute Gasteiger partial charge is 0.106 e. The fourth-order valence-corrected chi connectivity index (χ4v) is 1.83. The Kier molecular flexibility index (Phi) is 1.83. The van der Waals surface area contributed by atoms with Gasteiger partial charge in [-0.15, -0.1) is 0 Å². The molecule has 2 aliphatic rings. The average Bonchev–Trinajstić information content (AvgIpc) is 2.16. The Labute approximate surface area is 78.3 Å². The summed E-state index contributed by atoms with van der Waals surface area (Å²) in [6.07, 6.45) is 12.1. The molecule has 13 heavy (non-hydrogen) atoms. The molecule has 0 fully saturated rings. The molecule has 1 aliphatic heterocycles. The molecular weight excluding hydrogens is 162 g/mol. The molecule has 2 nitrogen and oxygen atoms in total. The molecule has 2 atom stereocenters. The van der Waals surface area contributed by atoms with Gasteiger partial charge in [0.05, 0.1) is 12.5 Å². The second kappa shape index (κ2) is 2.87. The van der Waals surface area contributed by atoms with Crippen LogP contribution in [0.2, 0.25) is 0 Å². The number of nitrogens with zero attached hydrogens (tertiary/aromatic N) is 1. The lowest BCUT2D eigenvalue weighted by atomic mass is 9.72. The van der Waals surface area contributed by atoms with E-state index >= 15 is 0 Å². The van der Waals surface area contributed by atoms with E-state index in [4.69, 9.17) is 4.74 Å². The molecule has 0 amide bonds. The lowest BCUT2D eigenvalue weighted by Crippen LogP contribution is -2.31. The maximum atomic E-state index is 5.36. The number of rotatable bonds is 1. The van der Waals surface area contributed by atoms with Crippen molar-refractivity contribution < 1.29 is 4.74 Å². The number of ether oxygens (including phenoxy) is 1. The van der Waals surface area contributed by atoms with Gasteiger partial charge in [0, 0.05) is 18.3 Å². The van der Waals surface area contributed by atoms with Gasteiger partial charge in [-0.1, -0.05) is 18.2 Å². The summed E-state index contributed by atoms with van der Waals surface area (Å²) >= 11 is 0. The molecule has 1 aliphatic carbocycles. The van der Waals surface area contributed by atoms with Crippen molar-refractivity contribution in [1.29, 1.82) is 0 Å². The van der Waals surface area contributed by atoms with Crippen LogP contribution in [0.25, 0.3) is 0 Å². The molecule has 0 saturated carbocycles. The van der Waals surface area contributed by atoms with Crippen LogP contribution in [0.15, 0.2) is 41.3 Å². The van der Waals surface area contributed by atoms with Gasteiger partial charge in [0.25, 0.3) is 0 Å². The highest BCUT2D eigenvalue weighted by molar-refractivity contribution is 5.69. The topological polar surface area (TPSA) is 21.6 Å². The van der Waals surface area contributed by atoms with Gasteiger partial charge < -0.3 is 4.74 Å². The van der Waals surface area contributed by atoms with Crippen LogP contribution in [0.4, 0.5) is 0 Å². The molecule has 0 bridgehead atoms. The molecule has 0 aromatic rings. The van der Waals surface area contributed by atoms with Crippen LogP contribution in [0.5, 0.6) is 0 Å². The molecule has 2 rings (SSSR count). The second-order valence-corrected chi connectivity index (χ2v) is 3.54. The van der Waals surface area contributed by atoms with Gasteiger partial charge in [-0.2, -0.15) is 0 Å². The average molecular weight is 175 g/mol. The molecule has 0 radical (unpaired) electrons. The Hall–Kier alpha value is -1.31.